The van der Waals surface area contributed by atoms with Gasteiger partial charge in [-0.05, 0) is 49.2 Å². The second-order valence-electron chi connectivity index (χ2n) is 7.11. The lowest BCUT2D eigenvalue weighted by atomic mass is 10.0. The van der Waals surface area contributed by atoms with Crippen molar-refractivity contribution in [2.24, 2.45) is 17.2 Å². The van der Waals surface area contributed by atoms with Crippen LogP contribution < -0.4 is 17.2 Å². The second kappa shape index (κ2) is 10.9. The first-order valence-corrected chi connectivity index (χ1v) is 9.85. The van der Waals surface area contributed by atoms with E-state index in [1.165, 1.54) is 0 Å². The van der Waals surface area contributed by atoms with Gasteiger partial charge >= 0.3 is 5.97 Å². The van der Waals surface area contributed by atoms with E-state index < -0.39 is 5.97 Å². The Hall–Kier alpha value is -3.65. The first-order valence-electron chi connectivity index (χ1n) is 9.85. The molecular formula is C23H30N4O4. The summed E-state index contributed by atoms with van der Waals surface area (Å²) in [6.07, 6.45) is 1.69. The number of phenols is 1. The second-order valence-corrected chi connectivity index (χ2v) is 7.11. The van der Waals surface area contributed by atoms with E-state index >= 15 is 0 Å². The Bertz CT molecular complexity index is 975. The van der Waals surface area contributed by atoms with Crippen molar-refractivity contribution in [3.8, 4) is 5.75 Å². The Morgan fingerprint density at radius 3 is 2.16 bits per heavy atom. The third-order valence-corrected chi connectivity index (χ3v) is 4.99. The van der Waals surface area contributed by atoms with E-state index in [1.54, 1.807) is 42.5 Å². The molecule has 8 N–H and O–H groups in total. The van der Waals surface area contributed by atoms with Crippen molar-refractivity contribution in [2.75, 3.05) is 26.3 Å². The van der Waals surface area contributed by atoms with Crippen LogP contribution in [0.4, 0.5) is 0 Å². The number of allylic oxidation sites excluding steroid dienone is 1. The molecular weight excluding hydrogens is 396 g/mol. The van der Waals surface area contributed by atoms with E-state index in [0.29, 0.717) is 48.8 Å². The summed E-state index contributed by atoms with van der Waals surface area (Å²) in [7, 11) is 0. The monoisotopic (exact) mass is 426 g/mol. The van der Waals surface area contributed by atoms with Gasteiger partial charge in [0.2, 0.25) is 0 Å². The van der Waals surface area contributed by atoms with Gasteiger partial charge in [0, 0.05) is 24.4 Å². The van der Waals surface area contributed by atoms with E-state index in [9.17, 15) is 9.90 Å². The van der Waals surface area contributed by atoms with Crippen LogP contribution in [0.1, 0.15) is 27.0 Å². The Labute approximate surface area is 182 Å². The average Bonchev–Trinajstić information content (AvgIpc) is 2.75. The molecule has 166 valence electrons. The highest BCUT2D eigenvalue weighted by atomic mass is 16.5. The number of aromatic carboxylic acids is 1. The molecule has 0 radical (unpaired) electrons. The van der Waals surface area contributed by atoms with Crippen LogP contribution >= 0.6 is 0 Å². The van der Waals surface area contributed by atoms with Crippen molar-refractivity contribution in [3.63, 3.8) is 0 Å². The third kappa shape index (κ3) is 6.42. The van der Waals surface area contributed by atoms with Crippen LogP contribution in [0.2, 0.25) is 0 Å². The number of hydrogen-bond acceptors (Lipinski definition) is 7. The van der Waals surface area contributed by atoms with Gasteiger partial charge in [0.05, 0.1) is 24.5 Å². The van der Waals surface area contributed by atoms with Crippen molar-refractivity contribution in [1.29, 1.82) is 0 Å². The first kappa shape index (κ1) is 23.6. The molecule has 8 nitrogen and oxygen atoms in total. The third-order valence-electron chi connectivity index (χ3n) is 4.99. The number of rotatable bonds is 4. The summed E-state index contributed by atoms with van der Waals surface area (Å²) in [5.74, 6) is -0.533. The topological polar surface area (TPSA) is 148 Å². The molecule has 31 heavy (non-hydrogen) atoms. The number of nitrogens with two attached hydrogens (primary N) is 3. The number of hydrogen-bond donors (Lipinski definition) is 5. The predicted octanol–water partition coefficient (Wildman–Crippen LogP) is 2.11. The zero-order valence-electron chi connectivity index (χ0n) is 17.8. The van der Waals surface area contributed by atoms with Crippen LogP contribution in [0.15, 0.2) is 60.1 Å². The summed E-state index contributed by atoms with van der Waals surface area (Å²) < 4.78 is 5.30. The summed E-state index contributed by atoms with van der Waals surface area (Å²) in [4.78, 5) is 12.6. The number of carboxylic acid groups (broad SMARTS) is 1. The lowest BCUT2D eigenvalue weighted by Gasteiger charge is -2.30. The SMILES string of the molecule is Cc1cccc(C(=O)O)c1C.NC(N)=C(/C=C(\N)c1ccccc1O)N1CCOCC1. The molecule has 0 saturated carbocycles. The standard InChI is InChI=1S/C14H20N4O2.C9H10O2/c15-11(10-3-1-2-4-13(10)19)9-12(14(16)17)18-5-7-20-8-6-18;1-6-4-3-5-8(7(6)2)9(10)11/h1-4,9,19H,5-8,15-17H2;3-5H,1-2H3,(H,10,11)/b11-9-;. The summed E-state index contributed by atoms with van der Waals surface area (Å²) in [5.41, 5.74) is 21.4. The molecule has 2 aromatic carbocycles. The highest BCUT2D eigenvalue weighted by Gasteiger charge is 2.15. The van der Waals surface area contributed by atoms with Crippen LogP contribution in [-0.2, 0) is 4.74 Å². The van der Waals surface area contributed by atoms with Crippen molar-refractivity contribution in [1.82, 2.24) is 4.90 Å². The van der Waals surface area contributed by atoms with Gasteiger partial charge in [-0.2, -0.15) is 0 Å². The molecule has 3 rings (SSSR count). The van der Waals surface area contributed by atoms with Crippen LogP contribution in [-0.4, -0.2) is 47.4 Å². The molecule has 1 saturated heterocycles. The molecule has 2 aromatic rings. The van der Waals surface area contributed by atoms with E-state index in [-0.39, 0.29) is 11.6 Å². The summed E-state index contributed by atoms with van der Waals surface area (Å²) in [6, 6.07) is 12.1. The summed E-state index contributed by atoms with van der Waals surface area (Å²) in [5, 5.41) is 18.5. The number of carbonyl (C=O) groups is 1. The highest BCUT2D eigenvalue weighted by molar-refractivity contribution is 5.89. The summed E-state index contributed by atoms with van der Waals surface area (Å²) >= 11 is 0. The Morgan fingerprint density at radius 1 is 1.00 bits per heavy atom. The quantitative estimate of drug-likeness (QED) is 0.467. The molecule has 0 aromatic heterocycles. The number of benzene rings is 2. The molecule has 1 heterocycles. The smallest absolute Gasteiger partial charge is 0.335 e. The number of aromatic hydroxyl groups is 1. The van der Waals surface area contributed by atoms with E-state index in [4.69, 9.17) is 27.0 Å². The van der Waals surface area contributed by atoms with Gasteiger partial charge < -0.3 is 37.1 Å². The van der Waals surface area contributed by atoms with E-state index in [0.717, 1.165) is 11.1 Å². The van der Waals surface area contributed by atoms with Gasteiger partial charge in [0.25, 0.3) is 0 Å². The highest BCUT2D eigenvalue weighted by Crippen LogP contribution is 2.23. The van der Waals surface area contributed by atoms with Gasteiger partial charge in [-0.3, -0.25) is 0 Å². The fraction of sp³-hybridized carbons (Fsp3) is 0.261. The fourth-order valence-corrected chi connectivity index (χ4v) is 3.09. The van der Waals surface area contributed by atoms with E-state index in [2.05, 4.69) is 0 Å². The predicted molar refractivity (Wildman–Crippen MR) is 121 cm³/mol. The van der Waals surface area contributed by atoms with Gasteiger partial charge in [0.15, 0.2) is 0 Å². The maximum Gasteiger partial charge on any atom is 0.335 e. The lowest BCUT2D eigenvalue weighted by Crippen LogP contribution is -2.37. The normalized spacial score (nSPS) is 13.7. The van der Waals surface area contributed by atoms with Gasteiger partial charge in [-0.1, -0.05) is 24.3 Å². The number of phenolic OH excluding ortho intramolecular Hbond substituents is 1. The molecule has 1 fully saturated rings. The number of aryl methyl sites for hydroxylation is 1. The molecule has 0 unspecified atom stereocenters. The zero-order valence-corrected chi connectivity index (χ0v) is 17.8. The summed E-state index contributed by atoms with van der Waals surface area (Å²) in [6.45, 7) is 6.39. The Balaban J connectivity index is 0.000000262. The molecule has 0 atom stereocenters. The molecule has 0 aliphatic carbocycles. The number of carboxylic acids is 1. The van der Waals surface area contributed by atoms with Crippen molar-refractivity contribution in [3.05, 3.63) is 82.3 Å². The Kier molecular flexibility index (Phi) is 8.33. The van der Waals surface area contributed by atoms with Gasteiger partial charge in [-0.15, -0.1) is 0 Å². The van der Waals surface area contributed by atoms with Gasteiger partial charge in [-0.25, -0.2) is 4.79 Å². The minimum absolute atomic E-state index is 0.123. The number of morpholine rings is 1. The van der Waals surface area contributed by atoms with Crippen LogP contribution in [0.5, 0.6) is 5.75 Å². The maximum absolute atomic E-state index is 10.6. The minimum Gasteiger partial charge on any atom is -0.507 e. The van der Waals surface area contributed by atoms with Crippen LogP contribution in [0, 0.1) is 13.8 Å². The Morgan fingerprint density at radius 2 is 1.61 bits per heavy atom. The number of ether oxygens (including phenoxy) is 1. The fourth-order valence-electron chi connectivity index (χ4n) is 3.09. The number of para-hydroxylation sites is 1. The molecule has 0 spiro atoms. The van der Waals surface area contributed by atoms with Crippen LogP contribution in [0.25, 0.3) is 5.70 Å². The van der Waals surface area contributed by atoms with Crippen molar-refractivity contribution < 1.29 is 19.7 Å². The molecule has 8 heteroatoms. The first-order chi connectivity index (χ1) is 14.7. The maximum atomic E-state index is 10.6. The van der Waals surface area contributed by atoms with Gasteiger partial charge in [0.1, 0.15) is 11.6 Å². The molecule has 1 aliphatic rings. The van der Waals surface area contributed by atoms with E-state index in [1.807, 2.05) is 24.8 Å². The van der Waals surface area contributed by atoms with Crippen molar-refractivity contribution >= 4 is 11.7 Å². The molecule has 0 bridgehead atoms. The van der Waals surface area contributed by atoms with Crippen molar-refractivity contribution in [2.45, 2.75) is 13.8 Å². The van der Waals surface area contributed by atoms with Crippen LogP contribution in [0.3, 0.4) is 0 Å². The molecule has 1 aliphatic heterocycles. The molecule has 0 amide bonds. The minimum atomic E-state index is -0.855. The average molecular weight is 427 g/mol. The lowest BCUT2D eigenvalue weighted by molar-refractivity contribution is 0.0549. The zero-order chi connectivity index (χ0) is 23.0. The number of nitrogens with zero attached hydrogens (tertiary/aromatic N) is 1. The largest absolute Gasteiger partial charge is 0.507 e.